The molecule has 0 saturated carbocycles. The summed E-state index contributed by atoms with van der Waals surface area (Å²) in [5.74, 6) is 1.92. The van der Waals surface area contributed by atoms with E-state index in [-0.39, 0.29) is 0 Å². The predicted molar refractivity (Wildman–Crippen MR) is 92.5 cm³/mol. The van der Waals surface area contributed by atoms with E-state index in [1.807, 2.05) is 25.1 Å². The average Bonchev–Trinajstić information content (AvgIpc) is 3.02. The van der Waals surface area contributed by atoms with Crippen LogP contribution in [0.25, 0.3) is 0 Å². The van der Waals surface area contributed by atoms with Crippen LogP contribution in [-0.2, 0) is 6.54 Å². The highest BCUT2D eigenvalue weighted by Gasteiger charge is 2.09. The maximum absolute atomic E-state index is 6.16. The molecule has 0 unspecified atom stereocenters. The third kappa shape index (κ3) is 3.94. The van der Waals surface area contributed by atoms with Gasteiger partial charge in [0.15, 0.2) is 0 Å². The molecule has 0 bridgehead atoms. The molecule has 0 aliphatic rings. The monoisotopic (exact) mass is 348 g/mol. The van der Waals surface area contributed by atoms with Crippen LogP contribution in [0.2, 0.25) is 10.0 Å². The third-order valence-corrected chi connectivity index (χ3v) is 3.71. The molecule has 0 fully saturated rings. The molecular formula is C16H14Cl2N4O. The van der Waals surface area contributed by atoms with Gasteiger partial charge in [0.05, 0.1) is 28.5 Å². The van der Waals surface area contributed by atoms with E-state index in [1.54, 1.807) is 24.5 Å². The van der Waals surface area contributed by atoms with Crippen LogP contribution >= 0.6 is 23.2 Å². The zero-order valence-corrected chi connectivity index (χ0v) is 13.8. The van der Waals surface area contributed by atoms with Crippen molar-refractivity contribution in [3.05, 3.63) is 64.2 Å². The number of para-hydroxylation sites is 1. The Morgan fingerprint density at radius 2 is 1.87 bits per heavy atom. The number of hydrogen-bond donors (Lipinski definition) is 2. The number of aryl methyl sites for hydroxylation is 1. The van der Waals surface area contributed by atoms with Gasteiger partial charge in [-0.3, -0.25) is 0 Å². The molecule has 0 atom stereocenters. The van der Waals surface area contributed by atoms with Crippen LogP contribution in [0.3, 0.4) is 0 Å². The van der Waals surface area contributed by atoms with Gasteiger partial charge in [0.1, 0.15) is 11.6 Å². The number of nitrogens with zero attached hydrogens (tertiary/aromatic N) is 2. The lowest BCUT2D eigenvalue weighted by Crippen LogP contribution is -2.05. The van der Waals surface area contributed by atoms with E-state index in [2.05, 4.69) is 20.6 Å². The summed E-state index contributed by atoms with van der Waals surface area (Å²) in [5, 5.41) is 7.27. The fourth-order valence-corrected chi connectivity index (χ4v) is 2.53. The Bertz CT molecular complexity index is 786. The fraction of sp³-hybridized carbons (Fsp3) is 0.125. The van der Waals surface area contributed by atoms with Crippen LogP contribution in [0, 0.1) is 6.92 Å². The Hall–Kier alpha value is -2.24. The number of halogens is 2. The Balaban J connectivity index is 1.80. The summed E-state index contributed by atoms with van der Waals surface area (Å²) in [5.41, 5.74) is 1.39. The van der Waals surface area contributed by atoms with Crippen molar-refractivity contribution in [2.75, 3.05) is 10.6 Å². The molecule has 3 aromatic rings. The second-order valence-corrected chi connectivity index (χ2v) is 5.69. The Labute approximate surface area is 143 Å². The lowest BCUT2D eigenvalue weighted by atomic mass is 10.3. The van der Waals surface area contributed by atoms with Crippen molar-refractivity contribution in [1.29, 1.82) is 0 Å². The van der Waals surface area contributed by atoms with Crippen molar-refractivity contribution in [2.24, 2.45) is 0 Å². The topological polar surface area (TPSA) is 63.0 Å². The van der Waals surface area contributed by atoms with E-state index in [9.17, 15) is 0 Å². The van der Waals surface area contributed by atoms with Crippen molar-refractivity contribution in [3.8, 4) is 0 Å². The van der Waals surface area contributed by atoms with Crippen LogP contribution in [0.5, 0.6) is 0 Å². The maximum Gasteiger partial charge on any atom is 0.229 e. The van der Waals surface area contributed by atoms with Crippen molar-refractivity contribution in [3.63, 3.8) is 0 Å². The first-order valence-electron chi connectivity index (χ1n) is 6.95. The van der Waals surface area contributed by atoms with E-state index in [0.29, 0.717) is 34.0 Å². The zero-order valence-electron chi connectivity index (χ0n) is 12.3. The highest BCUT2D eigenvalue weighted by atomic mass is 35.5. The highest BCUT2D eigenvalue weighted by molar-refractivity contribution is 6.39. The number of aromatic nitrogens is 2. The van der Waals surface area contributed by atoms with Crippen LogP contribution in [0.4, 0.5) is 17.5 Å². The first-order valence-corrected chi connectivity index (χ1v) is 7.70. The highest BCUT2D eigenvalue weighted by Crippen LogP contribution is 2.31. The first-order chi connectivity index (χ1) is 11.1. The largest absolute Gasteiger partial charge is 0.467 e. The molecule has 0 spiro atoms. The number of furan rings is 1. The van der Waals surface area contributed by atoms with Gasteiger partial charge in [-0.1, -0.05) is 29.3 Å². The lowest BCUT2D eigenvalue weighted by molar-refractivity contribution is 0.518. The predicted octanol–water partition coefficient (Wildman–Crippen LogP) is 5.04. The summed E-state index contributed by atoms with van der Waals surface area (Å²) in [4.78, 5) is 8.77. The molecule has 3 rings (SSSR count). The number of rotatable bonds is 5. The summed E-state index contributed by atoms with van der Waals surface area (Å²) in [6.45, 7) is 2.43. The van der Waals surface area contributed by atoms with Crippen LogP contribution in [0.1, 0.15) is 11.5 Å². The molecule has 2 aromatic heterocycles. The van der Waals surface area contributed by atoms with Gasteiger partial charge in [0, 0.05) is 11.8 Å². The third-order valence-electron chi connectivity index (χ3n) is 3.08. The van der Waals surface area contributed by atoms with E-state index >= 15 is 0 Å². The van der Waals surface area contributed by atoms with Crippen molar-refractivity contribution in [1.82, 2.24) is 9.97 Å². The number of hydrogen-bond acceptors (Lipinski definition) is 5. The summed E-state index contributed by atoms with van der Waals surface area (Å²) in [7, 11) is 0. The van der Waals surface area contributed by atoms with Crippen molar-refractivity contribution < 1.29 is 4.42 Å². The van der Waals surface area contributed by atoms with Gasteiger partial charge in [-0.25, -0.2) is 4.98 Å². The lowest BCUT2D eigenvalue weighted by Gasteiger charge is -2.11. The number of anilines is 3. The van der Waals surface area contributed by atoms with Gasteiger partial charge >= 0.3 is 0 Å². The van der Waals surface area contributed by atoms with Gasteiger partial charge in [0.25, 0.3) is 0 Å². The van der Waals surface area contributed by atoms with Crippen molar-refractivity contribution >= 4 is 40.7 Å². The Morgan fingerprint density at radius 3 is 2.57 bits per heavy atom. The summed E-state index contributed by atoms with van der Waals surface area (Å²) in [6.07, 6.45) is 1.63. The first kappa shape index (κ1) is 15.6. The maximum atomic E-state index is 6.16. The Kier molecular flexibility index (Phi) is 4.69. The molecule has 7 heteroatoms. The summed E-state index contributed by atoms with van der Waals surface area (Å²) < 4.78 is 5.29. The van der Waals surface area contributed by atoms with Gasteiger partial charge in [-0.15, -0.1) is 0 Å². The SMILES string of the molecule is Cc1cc(NCc2ccco2)nc(Nc2c(Cl)cccc2Cl)n1. The van der Waals surface area contributed by atoms with E-state index in [1.165, 1.54) is 0 Å². The van der Waals surface area contributed by atoms with Gasteiger partial charge < -0.3 is 15.1 Å². The summed E-state index contributed by atoms with van der Waals surface area (Å²) in [6, 6.07) is 10.9. The fourth-order valence-electron chi connectivity index (χ4n) is 2.03. The minimum atomic E-state index is 0.418. The van der Waals surface area contributed by atoms with E-state index < -0.39 is 0 Å². The molecule has 1 aromatic carbocycles. The van der Waals surface area contributed by atoms with Crippen LogP contribution in [-0.4, -0.2) is 9.97 Å². The second kappa shape index (κ2) is 6.89. The van der Waals surface area contributed by atoms with E-state index in [4.69, 9.17) is 27.6 Å². The zero-order chi connectivity index (χ0) is 16.2. The molecule has 0 aliphatic carbocycles. The van der Waals surface area contributed by atoms with Crippen LogP contribution in [0.15, 0.2) is 47.1 Å². The molecule has 2 heterocycles. The standard InChI is InChI=1S/C16H14Cl2N4O/c1-10-8-14(19-9-11-4-3-7-23-11)21-16(20-10)22-15-12(17)5-2-6-13(15)18/h2-8H,9H2,1H3,(H2,19,20,21,22). The smallest absolute Gasteiger partial charge is 0.229 e. The summed E-state index contributed by atoms with van der Waals surface area (Å²) >= 11 is 12.3. The normalized spacial score (nSPS) is 10.6. The van der Waals surface area contributed by atoms with Gasteiger partial charge in [-0.05, 0) is 31.2 Å². The Morgan fingerprint density at radius 1 is 1.09 bits per heavy atom. The second-order valence-electron chi connectivity index (χ2n) is 4.87. The van der Waals surface area contributed by atoms with Crippen LogP contribution < -0.4 is 10.6 Å². The van der Waals surface area contributed by atoms with E-state index in [0.717, 1.165) is 11.5 Å². The molecule has 0 amide bonds. The van der Waals surface area contributed by atoms with Gasteiger partial charge in [0.2, 0.25) is 5.95 Å². The molecule has 0 saturated heterocycles. The molecule has 2 N–H and O–H groups in total. The molecule has 5 nitrogen and oxygen atoms in total. The molecule has 23 heavy (non-hydrogen) atoms. The molecule has 0 radical (unpaired) electrons. The molecule has 0 aliphatic heterocycles. The number of nitrogens with one attached hydrogen (secondary N) is 2. The quantitative estimate of drug-likeness (QED) is 0.676. The van der Waals surface area contributed by atoms with Crippen molar-refractivity contribution in [2.45, 2.75) is 13.5 Å². The number of benzene rings is 1. The minimum Gasteiger partial charge on any atom is -0.467 e. The minimum absolute atomic E-state index is 0.418. The average molecular weight is 349 g/mol. The molecular weight excluding hydrogens is 335 g/mol. The molecule has 118 valence electrons. The van der Waals surface area contributed by atoms with Gasteiger partial charge in [-0.2, -0.15) is 4.98 Å².